The predicted molar refractivity (Wildman–Crippen MR) is 119 cm³/mol. The molecule has 3 rings (SSSR count). The normalized spacial score (nSPS) is 10.3. The predicted octanol–water partition coefficient (Wildman–Crippen LogP) is 4.51. The van der Waals surface area contributed by atoms with Crippen molar-refractivity contribution in [3.63, 3.8) is 0 Å². The third kappa shape index (κ3) is 6.15. The number of para-hydroxylation sites is 1. The van der Waals surface area contributed by atoms with Crippen molar-refractivity contribution in [1.29, 1.82) is 0 Å². The number of hydrogen-bond acceptors (Lipinski definition) is 4. The first kappa shape index (κ1) is 23.0. The Labute approximate surface area is 189 Å². The number of rotatable bonds is 7. The van der Waals surface area contributed by atoms with E-state index in [-0.39, 0.29) is 27.7 Å². The van der Waals surface area contributed by atoms with Crippen molar-refractivity contribution >= 4 is 35.1 Å². The molecule has 0 radical (unpaired) electrons. The molecule has 0 heterocycles. The lowest BCUT2D eigenvalue weighted by Crippen LogP contribution is -2.26. The van der Waals surface area contributed by atoms with Crippen LogP contribution in [0.5, 0.6) is 0 Å². The van der Waals surface area contributed by atoms with Crippen LogP contribution in [0.25, 0.3) is 0 Å². The first-order valence-electron chi connectivity index (χ1n) is 9.68. The molecule has 3 aromatic rings. The fourth-order valence-corrected chi connectivity index (χ4v) is 2.99. The largest absolute Gasteiger partial charge is 0.452 e. The van der Waals surface area contributed by atoms with E-state index in [1.165, 1.54) is 6.07 Å². The number of benzene rings is 3. The molecule has 32 heavy (non-hydrogen) atoms. The van der Waals surface area contributed by atoms with Crippen molar-refractivity contribution in [3.05, 3.63) is 99.8 Å². The van der Waals surface area contributed by atoms with Gasteiger partial charge in [0.25, 0.3) is 11.8 Å². The molecule has 0 atom stereocenters. The lowest BCUT2D eigenvalue weighted by molar-refractivity contribution is -0.119. The summed E-state index contributed by atoms with van der Waals surface area (Å²) >= 11 is 5.76. The Morgan fingerprint density at radius 1 is 0.969 bits per heavy atom. The summed E-state index contributed by atoms with van der Waals surface area (Å²) in [7, 11) is 0. The maximum atomic E-state index is 13.7. The molecule has 0 bridgehead atoms. The minimum atomic E-state index is -1.02. The van der Waals surface area contributed by atoms with Gasteiger partial charge in [0.1, 0.15) is 5.82 Å². The molecule has 0 aliphatic rings. The highest BCUT2D eigenvalue weighted by molar-refractivity contribution is 6.30. The van der Waals surface area contributed by atoms with Gasteiger partial charge in [-0.1, -0.05) is 53.6 Å². The third-order valence-electron chi connectivity index (χ3n) is 4.50. The second kappa shape index (κ2) is 10.5. The summed E-state index contributed by atoms with van der Waals surface area (Å²) in [6.07, 6.45) is 0. The number of anilines is 1. The van der Waals surface area contributed by atoms with E-state index in [2.05, 4.69) is 10.6 Å². The zero-order valence-corrected chi connectivity index (χ0v) is 17.9. The lowest BCUT2D eigenvalue weighted by Gasteiger charge is -2.12. The van der Waals surface area contributed by atoms with Crippen LogP contribution in [0.2, 0.25) is 5.02 Å². The Morgan fingerprint density at radius 2 is 1.69 bits per heavy atom. The summed E-state index contributed by atoms with van der Waals surface area (Å²) in [5.74, 6) is -2.89. The minimum Gasteiger partial charge on any atom is -0.452 e. The van der Waals surface area contributed by atoms with Crippen LogP contribution >= 0.6 is 11.6 Å². The Bertz CT molecular complexity index is 1150. The minimum absolute atomic E-state index is 0.161. The molecule has 0 fully saturated rings. The van der Waals surface area contributed by atoms with Crippen LogP contribution in [-0.4, -0.2) is 24.4 Å². The highest BCUT2D eigenvalue weighted by Crippen LogP contribution is 2.17. The molecule has 0 aliphatic heterocycles. The molecular weight excluding hydrogens is 435 g/mol. The maximum Gasteiger partial charge on any atom is 0.341 e. The van der Waals surface area contributed by atoms with Gasteiger partial charge < -0.3 is 15.4 Å². The van der Waals surface area contributed by atoms with Gasteiger partial charge in [0.05, 0.1) is 16.8 Å². The van der Waals surface area contributed by atoms with Gasteiger partial charge >= 0.3 is 5.97 Å². The van der Waals surface area contributed by atoms with Crippen LogP contribution in [0.4, 0.5) is 10.1 Å². The summed E-state index contributed by atoms with van der Waals surface area (Å²) < 4.78 is 18.6. The van der Waals surface area contributed by atoms with Crippen LogP contribution in [-0.2, 0) is 16.1 Å². The SMILES string of the molecule is Cc1ccc(CNC(=O)c2ccccc2NC(=O)COC(=O)c2cc(Cl)ccc2F)cc1. The molecule has 0 spiro atoms. The summed E-state index contributed by atoms with van der Waals surface area (Å²) in [5, 5.41) is 5.50. The molecule has 0 saturated carbocycles. The quantitative estimate of drug-likeness (QED) is 0.514. The van der Waals surface area contributed by atoms with Gasteiger partial charge in [0, 0.05) is 11.6 Å². The second-order valence-corrected chi connectivity index (χ2v) is 7.40. The van der Waals surface area contributed by atoms with Crippen LogP contribution in [0.15, 0.2) is 66.7 Å². The number of halogens is 2. The fraction of sp³-hybridized carbons (Fsp3) is 0.125. The van der Waals surface area contributed by atoms with E-state index in [1.807, 2.05) is 31.2 Å². The molecule has 0 unspecified atom stereocenters. The number of ether oxygens (including phenoxy) is 1. The van der Waals surface area contributed by atoms with Gasteiger partial charge in [-0.25, -0.2) is 9.18 Å². The molecule has 3 aromatic carbocycles. The van der Waals surface area contributed by atoms with Crippen molar-refractivity contribution in [1.82, 2.24) is 5.32 Å². The Morgan fingerprint density at radius 3 is 2.44 bits per heavy atom. The van der Waals surface area contributed by atoms with Gasteiger partial charge in [-0.05, 0) is 42.8 Å². The van der Waals surface area contributed by atoms with E-state index in [9.17, 15) is 18.8 Å². The topological polar surface area (TPSA) is 84.5 Å². The first-order chi connectivity index (χ1) is 15.3. The average molecular weight is 455 g/mol. The van der Waals surface area contributed by atoms with E-state index in [4.69, 9.17) is 16.3 Å². The number of carbonyl (C=O) groups excluding carboxylic acids is 3. The molecule has 0 aliphatic carbocycles. The molecule has 6 nitrogen and oxygen atoms in total. The van der Waals surface area contributed by atoms with Crippen LogP contribution in [0.1, 0.15) is 31.8 Å². The van der Waals surface area contributed by atoms with E-state index in [0.29, 0.717) is 6.54 Å². The smallest absolute Gasteiger partial charge is 0.341 e. The van der Waals surface area contributed by atoms with Crippen molar-refractivity contribution in [2.45, 2.75) is 13.5 Å². The van der Waals surface area contributed by atoms with Gasteiger partial charge in [-0.15, -0.1) is 0 Å². The van der Waals surface area contributed by atoms with E-state index >= 15 is 0 Å². The standard InChI is InChI=1S/C24H20ClFN2O4/c1-15-6-8-16(9-7-15)13-27-23(30)18-4-2-3-5-21(18)28-22(29)14-32-24(31)19-12-17(25)10-11-20(19)26/h2-12H,13-14H2,1H3,(H,27,30)(H,28,29). The Hall–Kier alpha value is -3.71. The fourth-order valence-electron chi connectivity index (χ4n) is 2.82. The lowest BCUT2D eigenvalue weighted by atomic mass is 10.1. The summed E-state index contributed by atoms with van der Waals surface area (Å²) in [6, 6.07) is 17.6. The number of esters is 1. The highest BCUT2D eigenvalue weighted by atomic mass is 35.5. The van der Waals surface area contributed by atoms with Gasteiger partial charge in [0.15, 0.2) is 6.61 Å². The first-order valence-corrected chi connectivity index (χ1v) is 10.1. The van der Waals surface area contributed by atoms with E-state index < -0.39 is 24.3 Å². The van der Waals surface area contributed by atoms with Gasteiger partial charge in [-0.2, -0.15) is 0 Å². The summed E-state index contributed by atoms with van der Waals surface area (Å²) in [5.41, 5.74) is 2.18. The van der Waals surface area contributed by atoms with Gasteiger partial charge in [-0.3, -0.25) is 9.59 Å². The van der Waals surface area contributed by atoms with Crippen molar-refractivity contribution < 1.29 is 23.5 Å². The Balaban J connectivity index is 1.59. The van der Waals surface area contributed by atoms with Crippen LogP contribution in [0.3, 0.4) is 0 Å². The van der Waals surface area contributed by atoms with E-state index in [1.54, 1.807) is 24.3 Å². The van der Waals surface area contributed by atoms with Crippen LogP contribution < -0.4 is 10.6 Å². The summed E-state index contributed by atoms with van der Waals surface area (Å²) in [6.45, 7) is 1.64. The van der Waals surface area contributed by atoms with Crippen molar-refractivity contribution in [2.24, 2.45) is 0 Å². The van der Waals surface area contributed by atoms with Crippen LogP contribution in [0, 0.1) is 12.7 Å². The van der Waals surface area contributed by atoms with Crippen molar-refractivity contribution in [3.8, 4) is 0 Å². The number of aryl methyl sites for hydroxylation is 1. The number of amides is 2. The van der Waals surface area contributed by atoms with Gasteiger partial charge in [0.2, 0.25) is 0 Å². The number of hydrogen-bond donors (Lipinski definition) is 2. The second-order valence-electron chi connectivity index (χ2n) is 6.96. The molecule has 8 heteroatoms. The summed E-state index contributed by atoms with van der Waals surface area (Å²) in [4.78, 5) is 36.9. The number of carbonyl (C=O) groups is 3. The zero-order chi connectivity index (χ0) is 23.1. The molecule has 2 N–H and O–H groups in total. The zero-order valence-electron chi connectivity index (χ0n) is 17.2. The molecule has 164 valence electrons. The monoisotopic (exact) mass is 454 g/mol. The highest BCUT2D eigenvalue weighted by Gasteiger charge is 2.17. The third-order valence-corrected chi connectivity index (χ3v) is 4.74. The molecular formula is C24H20ClFN2O4. The maximum absolute atomic E-state index is 13.7. The number of nitrogens with one attached hydrogen (secondary N) is 2. The van der Waals surface area contributed by atoms with E-state index in [0.717, 1.165) is 23.3 Å². The van der Waals surface area contributed by atoms with Crippen molar-refractivity contribution in [2.75, 3.05) is 11.9 Å². The Kier molecular flexibility index (Phi) is 7.57. The molecule has 0 saturated heterocycles. The average Bonchev–Trinajstić information content (AvgIpc) is 2.79. The molecule has 0 aromatic heterocycles. The molecule has 2 amide bonds.